The van der Waals surface area contributed by atoms with Crippen LogP contribution in [0.25, 0.3) is 5.82 Å². The van der Waals surface area contributed by atoms with Gasteiger partial charge in [-0.2, -0.15) is 5.10 Å². The van der Waals surface area contributed by atoms with Crippen molar-refractivity contribution in [1.82, 2.24) is 29.4 Å². The monoisotopic (exact) mass is 372 g/mol. The molecule has 2 fully saturated rings. The van der Waals surface area contributed by atoms with Gasteiger partial charge in [0.15, 0.2) is 5.82 Å². The molecule has 2 saturated heterocycles. The lowest BCUT2D eigenvalue weighted by Crippen LogP contribution is -2.52. The summed E-state index contributed by atoms with van der Waals surface area (Å²) in [6, 6.07) is 5.00. The minimum Gasteiger partial charge on any atom is -0.368 e. The van der Waals surface area contributed by atoms with Crippen LogP contribution in [0.15, 0.2) is 35.4 Å². The molecular weight excluding hydrogens is 348 g/mol. The van der Waals surface area contributed by atoms with E-state index in [0.717, 1.165) is 32.5 Å². The minimum atomic E-state index is -0.246. The minimum absolute atomic E-state index is 0.122. The molecule has 27 heavy (non-hydrogen) atoms. The molecule has 2 aromatic rings. The zero-order chi connectivity index (χ0) is 18.6. The van der Waals surface area contributed by atoms with Gasteiger partial charge in [0.1, 0.15) is 6.10 Å². The Morgan fingerprint density at radius 1 is 1.19 bits per heavy atom. The molecule has 0 radical (unpaired) electrons. The molecule has 1 atom stereocenters. The fourth-order valence-corrected chi connectivity index (χ4v) is 3.53. The highest BCUT2D eigenvalue weighted by molar-refractivity contribution is 5.81. The van der Waals surface area contributed by atoms with Crippen molar-refractivity contribution in [2.75, 3.05) is 39.3 Å². The first kappa shape index (κ1) is 17.9. The third kappa shape index (κ3) is 4.09. The lowest BCUT2D eigenvalue weighted by Gasteiger charge is -2.35. The Morgan fingerprint density at radius 2 is 2.04 bits per heavy atom. The van der Waals surface area contributed by atoms with E-state index in [2.05, 4.69) is 15.1 Å². The molecule has 1 unspecified atom stereocenters. The van der Waals surface area contributed by atoms with E-state index in [9.17, 15) is 9.59 Å². The van der Waals surface area contributed by atoms with Crippen LogP contribution >= 0.6 is 0 Å². The van der Waals surface area contributed by atoms with Gasteiger partial charge in [-0.15, -0.1) is 5.10 Å². The molecule has 1 amide bonds. The van der Waals surface area contributed by atoms with Gasteiger partial charge < -0.3 is 9.64 Å². The number of hydrogen-bond donors (Lipinski definition) is 0. The Morgan fingerprint density at radius 3 is 2.74 bits per heavy atom. The molecular formula is C18H24N6O3. The van der Waals surface area contributed by atoms with Crippen molar-refractivity contribution in [1.29, 1.82) is 0 Å². The molecule has 9 nitrogen and oxygen atoms in total. The van der Waals surface area contributed by atoms with Gasteiger partial charge in [-0.25, -0.2) is 9.36 Å². The molecule has 0 aromatic carbocycles. The summed E-state index contributed by atoms with van der Waals surface area (Å²) in [6.45, 7) is 4.92. The molecule has 0 spiro atoms. The number of ether oxygens (including phenoxy) is 1. The molecule has 0 aliphatic carbocycles. The normalized spacial score (nSPS) is 20.9. The smallest absolute Gasteiger partial charge is 0.266 e. The van der Waals surface area contributed by atoms with Gasteiger partial charge in [0.05, 0.1) is 6.54 Å². The van der Waals surface area contributed by atoms with Crippen LogP contribution < -0.4 is 5.56 Å². The predicted molar refractivity (Wildman–Crippen MR) is 97.6 cm³/mol. The van der Waals surface area contributed by atoms with Gasteiger partial charge in [0.25, 0.3) is 11.5 Å². The van der Waals surface area contributed by atoms with E-state index < -0.39 is 0 Å². The highest BCUT2D eigenvalue weighted by Crippen LogP contribution is 2.16. The van der Waals surface area contributed by atoms with Crippen LogP contribution in [0, 0.1) is 0 Å². The van der Waals surface area contributed by atoms with E-state index in [1.807, 2.05) is 11.0 Å². The number of nitrogens with zero attached hydrogens (tertiary/aromatic N) is 6. The second-order valence-electron chi connectivity index (χ2n) is 6.87. The fraction of sp³-hybridized carbons (Fsp3) is 0.556. The van der Waals surface area contributed by atoms with E-state index >= 15 is 0 Å². The lowest BCUT2D eigenvalue weighted by atomic mass is 10.2. The van der Waals surface area contributed by atoms with Gasteiger partial charge in [-0.1, -0.05) is 0 Å². The molecule has 0 saturated carbocycles. The summed E-state index contributed by atoms with van der Waals surface area (Å²) in [5, 5.41) is 8.54. The van der Waals surface area contributed by atoms with Gasteiger partial charge >= 0.3 is 0 Å². The SMILES string of the molecule is O=C(C1CCCO1)N1CCN(CCn2nc(-n3cccn3)ccc2=O)CC1. The van der Waals surface area contributed by atoms with Crippen LogP contribution in [0.1, 0.15) is 12.8 Å². The number of carbonyl (C=O) groups excluding carboxylic acids is 1. The molecule has 4 rings (SSSR count). The Kier molecular flexibility index (Phi) is 5.30. The van der Waals surface area contributed by atoms with Crippen LogP contribution in [0.3, 0.4) is 0 Å². The Bertz CT molecular complexity index is 820. The number of rotatable bonds is 5. The maximum atomic E-state index is 12.4. The summed E-state index contributed by atoms with van der Waals surface area (Å²) in [5.74, 6) is 0.739. The van der Waals surface area contributed by atoms with Crippen molar-refractivity contribution in [2.24, 2.45) is 0 Å². The summed E-state index contributed by atoms with van der Waals surface area (Å²) in [4.78, 5) is 28.6. The Labute approximate surface area is 157 Å². The number of hydrogen-bond acceptors (Lipinski definition) is 6. The van der Waals surface area contributed by atoms with Gasteiger partial charge in [-0.3, -0.25) is 14.5 Å². The molecule has 144 valence electrons. The van der Waals surface area contributed by atoms with Crippen LogP contribution in [0.2, 0.25) is 0 Å². The fourth-order valence-electron chi connectivity index (χ4n) is 3.53. The average Bonchev–Trinajstić information content (AvgIpc) is 3.41. The van der Waals surface area contributed by atoms with Crippen molar-refractivity contribution in [2.45, 2.75) is 25.5 Å². The van der Waals surface area contributed by atoms with Gasteiger partial charge in [0, 0.05) is 57.8 Å². The Balaban J connectivity index is 1.30. The van der Waals surface area contributed by atoms with E-state index in [4.69, 9.17) is 4.74 Å². The number of aromatic nitrogens is 4. The van der Waals surface area contributed by atoms with Crippen molar-refractivity contribution in [3.8, 4) is 5.82 Å². The molecule has 4 heterocycles. The first-order valence-corrected chi connectivity index (χ1v) is 9.42. The number of piperazine rings is 1. The zero-order valence-corrected chi connectivity index (χ0v) is 15.2. The summed E-state index contributed by atoms with van der Waals surface area (Å²) >= 11 is 0. The van der Waals surface area contributed by atoms with Crippen LogP contribution in [0.4, 0.5) is 0 Å². The first-order valence-electron chi connectivity index (χ1n) is 9.42. The van der Waals surface area contributed by atoms with E-state index in [0.29, 0.717) is 32.1 Å². The van der Waals surface area contributed by atoms with Gasteiger partial charge in [-0.05, 0) is 25.0 Å². The summed E-state index contributed by atoms with van der Waals surface area (Å²) in [6.07, 6.45) is 5.02. The summed E-state index contributed by atoms with van der Waals surface area (Å²) < 4.78 is 8.60. The maximum absolute atomic E-state index is 12.4. The zero-order valence-electron chi connectivity index (χ0n) is 15.2. The number of amides is 1. The molecule has 0 bridgehead atoms. The van der Waals surface area contributed by atoms with Crippen LogP contribution in [0.5, 0.6) is 0 Å². The van der Waals surface area contributed by atoms with Crippen molar-refractivity contribution in [3.63, 3.8) is 0 Å². The molecule has 0 N–H and O–H groups in total. The van der Waals surface area contributed by atoms with Crippen molar-refractivity contribution in [3.05, 3.63) is 40.9 Å². The summed E-state index contributed by atoms with van der Waals surface area (Å²) in [7, 11) is 0. The summed E-state index contributed by atoms with van der Waals surface area (Å²) in [5.41, 5.74) is -0.127. The molecule has 2 aromatic heterocycles. The van der Waals surface area contributed by atoms with E-state index in [-0.39, 0.29) is 17.6 Å². The predicted octanol–water partition coefficient (Wildman–Crippen LogP) is -0.248. The number of carbonyl (C=O) groups is 1. The quantitative estimate of drug-likeness (QED) is 0.720. The lowest BCUT2D eigenvalue weighted by molar-refractivity contribution is -0.142. The van der Waals surface area contributed by atoms with E-state index in [1.165, 1.54) is 10.7 Å². The maximum Gasteiger partial charge on any atom is 0.266 e. The highest BCUT2D eigenvalue weighted by Gasteiger charge is 2.30. The van der Waals surface area contributed by atoms with Crippen molar-refractivity contribution >= 4 is 5.91 Å². The highest BCUT2D eigenvalue weighted by atomic mass is 16.5. The molecule has 2 aliphatic rings. The third-order valence-electron chi connectivity index (χ3n) is 5.11. The second-order valence-corrected chi connectivity index (χ2v) is 6.87. The van der Waals surface area contributed by atoms with E-state index in [1.54, 1.807) is 23.1 Å². The van der Waals surface area contributed by atoms with Crippen molar-refractivity contribution < 1.29 is 9.53 Å². The van der Waals surface area contributed by atoms with Crippen LogP contribution in [-0.2, 0) is 16.1 Å². The van der Waals surface area contributed by atoms with Crippen LogP contribution in [-0.4, -0.2) is 80.7 Å². The second kappa shape index (κ2) is 8.01. The first-order chi connectivity index (χ1) is 13.2. The average molecular weight is 372 g/mol. The standard InChI is InChI=1S/C18H24N6O3/c25-17-5-4-16(23-7-2-6-19-23)20-24(17)13-10-21-8-11-22(12-9-21)18(26)15-3-1-14-27-15/h2,4-7,15H,1,3,8-14H2. The Hall–Kier alpha value is -2.52. The van der Waals surface area contributed by atoms with Gasteiger partial charge in [0.2, 0.25) is 0 Å². The largest absolute Gasteiger partial charge is 0.368 e. The molecule has 2 aliphatic heterocycles. The topological polar surface area (TPSA) is 85.5 Å². The third-order valence-corrected chi connectivity index (χ3v) is 5.11. The molecule has 9 heteroatoms.